The molecular formula is C24H28Cl3IN4O. The summed E-state index contributed by atoms with van der Waals surface area (Å²) in [6.45, 7) is 3.95. The van der Waals surface area contributed by atoms with E-state index in [-0.39, 0.29) is 41.8 Å². The van der Waals surface area contributed by atoms with Crippen molar-refractivity contribution in [3.05, 3.63) is 63.1 Å². The Balaban J connectivity index is 0.00000306. The molecule has 0 aromatic heterocycles. The molecule has 2 aliphatic rings. The number of rotatable bonds is 5. The van der Waals surface area contributed by atoms with E-state index in [4.69, 9.17) is 39.9 Å². The molecule has 0 bridgehead atoms. The summed E-state index contributed by atoms with van der Waals surface area (Å²) in [5.74, 6) is -0.216. The van der Waals surface area contributed by atoms with E-state index in [9.17, 15) is 4.79 Å². The average Bonchev–Trinajstić information content (AvgIpc) is 3.14. The van der Waals surface area contributed by atoms with Gasteiger partial charge in [-0.05, 0) is 61.6 Å². The van der Waals surface area contributed by atoms with Gasteiger partial charge in [0.1, 0.15) is 18.8 Å². The van der Waals surface area contributed by atoms with Crippen molar-refractivity contribution in [2.24, 2.45) is 11.0 Å². The van der Waals surface area contributed by atoms with Gasteiger partial charge in [0, 0.05) is 16.0 Å². The molecule has 2 atom stereocenters. The predicted molar refractivity (Wildman–Crippen MR) is 132 cm³/mol. The Morgan fingerprint density at radius 2 is 1.70 bits per heavy atom. The molecule has 1 amide bonds. The third-order valence-corrected chi connectivity index (χ3v) is 7.22. The lowest BCUT2D eigenvalue weighted by Crippen LogP contribution is -3.00. The lowest BCUT2D eigenvalue weighted by Gasteiger charge is -2.36. The molecule has 0 saturated carbocycles. The van der Waals surface area contributed by atoms with Crippen LogP contribution < -0.4 is 34.4 Å². The number of hydrogen-bond donors (Lipinski definition) is 1. The molecule has 0 aliphatic carbocycles. The van der Waals surface area contributed by atoms with Crippen LogP contribution in [0.5, 0.6) is 0 Å². The van der Waals surface area contributed by atoms with Crippen molar-refractivity contribution in [1.82, 2.24) is 5.43 Å². The quantitative estimate of drug-likeness (QED) is 0.412. The monoisotopic (exact) mass is 620 g/mol. The molecule has 2 aromatic carbocycles. The Kier molecular flexibility index (Phi) is 8.94. The summed E-state index contributed by atoms with van der Waals surface area (Å²) in [5.41, 5.74) is 5.52. The lowest BCUT2D eigenvalue weighted by molar-refractivity contribution is -0.947. The van der Waals surface area contributed by atoms with E-state index in [1.165, 1.54) is 6.42 Å². The topological polar surface area (TPSA) is 44.7 Å². The van der Waals surface area contributed by atoms with Crippen molar-refractivity contribution in [2.75, 3.05) is 25.1 Å². The molecule has 2 aromatic rings. The smallest absolute Gasteiger partial charge is 0.312 e. The maximum atomic E-state index is 13.5. The van der Waals surface area contributed by atoms with Crippen molar-refractivity contribution < 1.29 is 33.4 Å². The highest BCUT2D eigenvalue weighted by molar-refractivity contribution is 6.40. The number of nitrogens with zero attached hydrogens (tertiary/aromatic N) is 3. The van der Waals surface area contributed by atoms with E-state index in [1.54, 1.807) is 12.1 Å². The fourth-order valence-electron chi connectivity index (χ4n) is 4.73. The van der Waals surface area contributed by atoms with E-state index in [0.717, 1.165) is 43.6 Å². The number of nitrogens with one attached hydrogen (secondary N) is 1. The van der Waals surface area contributed by atoms with Gasteiger partial charge in [-0.3, -0.25) is 9.80 Å². The zero-order valence-electron chi connectivity index (χ0n) is 18.7. The summed E-state index contributed by atoms with van der Waals surface area (Å²) in [4.78, 5) is 13.5. The first kappa shape index (κ1) is 26.5. The normalized spacial score (nSPS) is 21.8. The zero-order valence-corrected chi connectivity index (χ0v) is 23.1. The van der Waals surface area contributed by atoms with Gasteiger partial charge in [-0.1, -0.05) is 53.9 Å². The standard InChI is InChI=1S/C24H27Cl3N4O.HI/c1-3-19-22(24(32)29-31(2)13-5-4-6-14-31)28-30(21-12-11-18(26)15-20(21)27)23(19)16-7-9-17(25)10-8-16;/h7-12,15,19,23H,3-6,13-14H2,1-2H3;1H/t19-,23-;/m1./s1. The molecule has 33 heavy (non-hydrogen) atoms. The van der Waals surface area contributed by atoms with Crippen LogP contribution in [-0.2, 0) is 4.79 Å². The number of carbonyl (C=O) groups excluding carboxylic acids is 1. The fraction of sp³-hybridized carbons (Fsp3) is 0.417. The SMILES string of the molecule is CC[C@@H]1C(C(=O)N[N+]2(C)CCCCC2)=NN(c2ccc(Cl)cc2Cl)[C@@H]1c1ccc(Cl)cc1.[I-]. The largest absolute Gasteiger partial charge is 1.00 e. The molecule has 5 nitrogen and oxygen atoms in total. The molecule has 0 unspecified atom stereocenters. The Labute approximate surface area is 227 Å². The van der Waals surface area contributed by atoms with E-state index in [2.05, 4.69) is 19.4 Å². The number of quaternary nitrogens is 1. The number of halogens is 4. The van der Waals surface area contributed by atoms with E-state index >= 15 is 0 Å². The summed E-state index contributed by atoms with van der Waals surface area (Å²) in [6.07, 6.45) is 4.19. The van der Waals surface area contributed by atoms with Crippen LogP contribution in [0.4, 0.5) is 5.69 Å². The third-order valence-electron chi connectivity index (χ3n) is 6.43. The molecule has 2 heterocycles. The van der Waals surface area contributed by atoms with Gasteiger partial charge in [-0.25, -0.2) is 4.59 Å². The maximum Gasteiger partial charge on any atom is 0.312 e. The van der Waals surface area contributed by atoms with Crippen LogP contribution >= 0.6 is 34.8 Å². The minimum absolute atomic E-state index is 0. The molecular weight excluding hydrogens is 594 g/mol. The number of likely N-dealkylation sites (tertiary alicyclic amines) is 1. The summed E-state index contributed by atoms with van der Waals surface area (Å²) in [7, 11) is 2.08. The van der Waals surface area contributed by atoms with Crippen molar-refractivity contribution in [3.63, 3.8) is 0 Å². The Morgan fingerprint density at radius 3 is 2.30 bits per heavy atom. The second-order valence-electron chi connectivity index (χ2n) is 8.78. The molecule has 4 rings (SSSR count). The van der Waals surface area contributed by atoms with Crippen LogP contribution in [0, 0.1) is 5.92 Å². The van der Waals surface area contributed by atoms with Crippen LogP contribution in [-0.4, -0.2) is 36.3 Å². The van der Waals surface area contributed by atoms with Gasteiger partial charge in [0.15, 0.2) is 0 Å². The minimum atomic E-state index is -0.177. The van der Waals surface area contributed by atoms with Gasteiger partial charge in [0.25, 0.3) is 0 Å². The minimum Gasteiger partial charge on any atom is -1.00 e. The number of benzene rings is 2. The molecule has 0 radical (unpaired) electrons. The highest BCUT2D eigenvalue weighted by Gasteiger charge is 2.43. The summed E-state index contributed by atoms with van der Waals surface area (Å²) >= 11 is 18.8. The molecule has 2 aliphatic heterocycles. The lowest BCUT2D eigenvalue weighted by atomic mass is 9.87. The van der Waals surface area contributed by atoms with Crippen LogP contribution in [0.3, 0.4) is 0 Å². The predicted octanol–water partition coefficient (Wildman–Crippen LogP) is 3.26. The molecule has 178 valence electrons. The Hall–Kier alpha value is -1.06. The first-order chi connectivity index (χ1) is 15.3. The maximum absolute atomic E-state index is 13.5. The first-order valence-corrected chi connectivity index (χ1v) is 12.2. The van der Waals surface area contributed by atoms with Gasteiger partial charge in [-0.15, -0.1) is 0 Å². The van der Waals surface area contributed by atoms with E-state index in [1.807, 2.05) is 35.3 Å². The number of amides is 1. The second kappa shape index (κ2) is 11.1. The Bertz CT molecular complexity index is 1020. The van der Waals surface area contributed by atoms with E-state index in [0.29, 0.717) is 25.4 Å². The zero-order chi connectivity index (χ0) is 22.9. The van der Waals surface area contributed by atoms with Gasteiger partial charge < -0.3 is 24.0 Å². The van der Waals surface area contributed by atoms with Crippen LogP contribution in [0.2, 0.25) is 15.1 Å². The number of hydrazone groups is 1. The molecule has 1 N–H and O–H groups in total. The number of anilines is 1. The summed E-state index contributed by atoms with van der Waals surface area (Å²) in [6, 6.07) is 12.9. The van der Waals surface area contributed by atoms with Crippen molar-refractivity contribution in [3.8, 4) is 0 Å². The third kappa shape index (κ3) is 5.78. The summed E-state index contributed by atoms with van der Waals surface area (Å²) < 4.78 is 0.543. The molecule has 9 heteroatoms. The van der Waals surface area contributed by atoms with Crippen molar-refractivity contribution in [2.45, 2.75) is 38.6 Å². The summed E-state index contributed by atoms with van der Waals surface area (Å²) in [5, 5.41) is 8.42. The number of carbonyl (C=O) groups is 1. The van der Waals surface area contributed by atoms with Crippen LogP contribution in [0.15, 0.2) is 47.6 Å². The molecule has 0 spiro atoms. The second-order valence-corrected chi connectivity index (χ2v) is 10.1. The van der Waals surface area contributed by atoms with Gasteiger partial charge in [0.05, 0.1) is 23.8 Å². The fourth-order valence-corrected chi connectivity index (χ4v) is 5.35. The van der Waals surface area contributed by atoms with Crippen molar-refractivity contribution in [1.29, 1.82) is 0 Å². The van der Waals surface area contributed by atoms with Crippen molar-refractivity contribution >= 4 is 52.1 Å². The van der Waals surface area contributed by atoms with Crippen LogP contribution in [0.1, 0.15) is 44.2 Å². The molecule has 1 saturated heterocycles. The highest BCUT2D eigenvalue weighted by Crippen LogP contribution is 2.43. The Morgan fingerprint density at radius 1 is 1.06 bits per heavy atom. The number of hydrogen-bond acceptors (Lipinski definition) is 3. The number of piperidine rings is 1. The molecule has 1 fully saturated rings. The van der Waals surface area contributed by atoms with E-state index < -0.39 is 0 Å². The first-order valence-electron chi connectivity index (χ1n) is 11.1. The highest BCUT2D eigenvalue weighted by atomic mass is 127. The van der Waals surface area contributed by atoms with Gasteiger partial charge in [0.2, 0.25) is 0 Å². The average molecular weight is 622 g/mol. The van der Waals surface area contributed by atoms with Crippen LogP contribution in [0.25, 0.3) is 0 Å². The van der Waals surface area contributed by atoms with Gasteiger partial charge in [-0.2, -0.15) is 10.5 Å². The van der Waals surface area contributed by atoms with Gasteiger partial charge >= 0.3 is 5.91 Å².